The van der Waals surface area contributed by atoms with E-state index in [0.717, 1.165) is 31.4 Å². The second-order valence-electron chi connectivity index (χ2n) is 10.2. The van der Waals surface area contributed by atoms with Crippen LogP contribution in [-0.2, 0) is 17.6 Å². The van der Waals surface area contributed by atoms with E-state index in [2.05, 4.69) is 50.0 Å². The number of rotatable bonds is 9. The van der Waals surface area contributed by atoms with Crippen LogP contribution in [0.25, 0.3) is 0 Å². The molecular weight excluding hydrogens is 465 g/mol. The zero-order valence-electron chi connectivity index (χ0n) is 22.1. The average Bonchev–Trinajstić information content (AvgIpc) is 2.97. The minimum absolute atomic E-state index is 0.135. The summed E-state index contributed by atoms with van der Waals surface area (Å²) in [6, 6.07) is 20.2. The molecule has 3 aromatic carbocycles. The molecule has 0 saturated carbocycles. The van der Waals surface area contributed by atoms with E-state index in [1.807, 2.05) is 12.1 Å². The third kappa shape index (κ3) is 6.25. The normalized spacial score (nSPS) is 13.0. The number of carbonyl (C=O) groups excluding carboxylic acids is 2. The largest absolute Gasteiger partial charge is 0.320 e. The van der Waals surface area contributed by atoms with Gasteiger partial charge in [0.1, 0.15) is 5.82 Å². The van der Waals surface area contributed by atoms with E-state index in [9.17, 15) is 14.0 Å². The molecule has 1 aliphatic rings. The van der Waals surface area contributed by atoms with Gasteiger partial charge < -0.3 is 5.32 Å². The number of nitrogens with zero attached hydrogens (tertiary/aromatic N) is 2. The fraction of sp³-hybridized carbons (Fsp3) is 0.355. The third-order valence-electron chi connectivity index (χ3n) is 6.92. The Morgan fingerprint density at radius 2 is 1.57 bits per heavy atom. The first-order valence-corrected chi connectivity index (χ1v) is 13.1. The van der Waals surface area contributed by atoms with Crippen LogP contribution in [0.4, 0.5) is 21.5 Å². The number of para-hydroxylation sites is 2. The van der Waals surface area contributed by atoms with Crippen LogP contribution in [0.3, 0.4) is 0 Å². The molecule has 194 valence electrons. The monoisotopic (exact) mass is 501 g/mol. The van der Waals surface area contributed by atoms with Gasteiger partial charge in [0.25, 0.3) is 5.91 Å². The number of anilines is 3. The van der Waals surface area contributed by atoms with Crippen molar-refractivity contribution >= 4 is 28.9 Å². The zero-order chi connectivity index (χ0) is 26.5. The van der Waals surface area contributed by atoms with Gasteiger partial charge in [0.15, 0.2) is 0 Å². The summed E-state index contributed by atoms with van der Waals surface area (Å²) in [4.78, 5) is 30.3. The molecule has 0 aliphatic carbocycles. The SMILES string of the molecule is CC(C)N(CCCCc1ccc(CC(=O)N2c3ccccc3NC(=O)c3ccc(F)cc32)cc1)C(C)C. The lowest BCUT2D eigenvalue weighted by Crippen LogP contribution is -2.37. The maximum absolute atomic E-state index is 14.2. The second-order valence-corrected chi connectivity index (χ2v) is 10.2. The lowest BCUT2D eigenvalue weighted by Gasteiger charge is -2.30. The summed E-state index contributed by atoms with van der Waals surface area (Å²) >= 11 is 0. The third-order valence-corrected chi connectivity index (χ3v) is 6.92. The van der Waals surface area contributed by atoms with Crippen molar-refractivity contribution in [2.75, 3.05) is 16.8 Å². The van der Waals surface area contributed by atoms with E-state index < -0.39 is 5.82 Å². The van der Waals surface area contributed by atoms with Gasteiger partial charge in [0.05, 0.1) is 29.0 Å². The summed E-state index contributed by atoms with van der Waals surface area (Å²) in [6.45, 7) is 10.1. The number of benzene rings is 3. The number of amides is 2. The first-order chi connectivity index (χ1) is 17.7. The predicted octanol–water partition coefficient (Wildman–Crippen LogP) is 6.74. The van der Waals surface area contributed by atoms with Gasteiger partial charge in [-0.3, -0.25) is 19.4 Å². The topological polar surface area (TPSA) is 52.7 Å². The van der Waals surface area contributed by atoms with Crippen LogP contribution in [0.5, 0.6) is 0 Å². The van der Waals surface area contributed by atoms with Crippen molar-refractivity contribution in [2.45, 2.75) is 65.5 Å². The van der Waals surface area contributed by atoms with Gasteiger partial charge >= 0.3 is 0 Å². The molecule has 3 aromatic rings. The Hall–Kier alpha value is -3.51. The van der Waals surface area contributed by atoms with Crippen LogP contribution in [0.15, 0.2) is 66.7 Å². The lowest BCUT2D eigenvalue weighted by molar-refractivity contribution is -0.117. The van der Waals surface area contributed by atoms with Gasteiger partial charge in [-0.2, -0.15) is 0 Å². The molecule has 0 unspecified atom stereocenters. The smallest absolute Gasteiger partial charge is 0.257 e. The van der Waals surface area contributed by atoms with Crippen molar-refractivity contribution in [3.63, 3.8) is 0 Å². The summed E-state index contributed by atoms with van der Waals surface area (Å²) < 4.78 is 14.2. The van der Waals surface area contributed by atoms with E-state index in [0.29, 0.717) is 23.5 Å². The molecule has 2 amide bonds. The molecule has 0 atom stereocenters. The molecular formula is C31H36FN3O2. The second kappa shape index (κ2) is 11.7. The number of carbonyl (C=O) groups is 2. The Bertz CT molecular complexity index is 1250. The molecule has 1 N–H and O–H groups in total. The highest BCUT2D eigenvalue weighted by atomic mass is 19.1. The molecule has 0 radical (unpaired) electrons. The molecule has 0 aromatic heterocycles. The summed E-state index contributed by atoms with van der Waals surface area (Å²) in [5.41, 5.74) is 3.67. The molecule has 0 fully saturated rings. The Morgan fingerprint density at radius 3 is 2.27 bits per heavy atom. The van der Waals surface area contributed by atoms with Crippen LogP contribution in [0.2, 0.25) is 0 Å². The van der Waals surface area contributed by atoms with E-state index in [1.54, 1.807) is 24.3 Å². The molecule has 0 bridgehead atoms. The highest BCUT2D eigenvalue weighted by Gasteiger charge is 2.29. The minimum atomic E-state index is -0.502. The molecule has 1 aliphatic heterocycles. The number of aryl methyl sites for hydroxylation is 1. The summed E-state index contributed by atoms with van der Waals surface area (Å²) in [7, 11) is 0. The van der Waals surface area contributed by atoms with E-state index >= 15 is 0 Å². The molecule has 0 spiro atoms. The van der Waals surface area contributed by atoms with Gasteiger partial charge in [0.2, 0.25) is 5.91 Å². The van der Waals surface area contributed by atoms with Gasteiger partial charge in [0, 0.05) is 12.1 Å². The first kappa shape index (κ1) is 26.6. The van der Waals surface area contributed by atoms with Crippen molar-refractivity contribution in [3.05, 3.63) is 89.2 Å². The van der Waals surface area contributed by atoms with Crippen molar-refractivity contribution < 1.29 is 14.0 Å². The van der Waals surface area contributed by atoms with Crippen molar-refractivity contribution in [2.24, 2.45) is 0 Å². The maximum Gasteiger partial charge on any atom is 0.257 e. The summed E-state index contributed by atoms with van der Waals surface area (Å²) in [6.07, 6.45) is 3.39. The summed E-state index contributed by atoms with van der Waals surface area (Å²) in [5, 5.41) is 2.84. The highest BCUT2D eigenvalue weighted by molar-refractivity contribution is 6.17. The fourth-order valence-electron chi connectivity index (χ4n) is 5.06. The Balaban J connectivity index is 1.46. The summed E-state index contributed by atoms with van der Waals surface area (Å²) in [5.74, 6) is -1.10. The maximum atomic E-state index is 14.2. The number of hydrogen-bond acceptors (Lipinski definition) is 3. The van der Waals surface area contributed by atoms with Crippen LogP contribution in [0.1, 0.15) is 62.0 Å². The van der Waals surface area contributed by atoms with Gasteiger partial charge in [-0.25, -0.2) is 4.39 Å². The molecule has 4 rings (SSSR count). The van der Waals surface area contributed by atoms with Crippen LogP contribution in [-0.4, -0.2) is 35.3 Å². The van der Waals surface area contributed by atoms with Crippen molar-refractivity contribution in [1.82, 2.24) is 4.90 Å². The van der Waals surface area contributed by atoms with Gasteiger partial charge in [-0.05, 0) is 95.0 Å². The Morgan fingerprint density at radius 1 is 0.892 bits per heavy atom. The Kier molecular flexibility index (Phi) is 8.39. The minimum Gasteiger partial charge on any atom is -0.320 e. The van der Waals surface area contributed by atoms with E-state index in [-0.39, 0.29) is 29.5 Å². The quantitative estimate of drug-likeness (QED) is 0.330. The number of hydrogen-bond donors (Lipinski definition) is 1. The van der Waals surface area contributed by atoms with Crippen LogP contribution in [0, 0.1) is 5.82 Å². The predicted molar refractivity (Wildman–Crippen MR) is 148 cm³/mol. The standard InChI is InChI=1S/C31H36FN3O2/c1-21(2)34(22(3)4)18-8-7-9-23-12-14-24(15-13-23)19-30(36)35-28-11-6-5-10-27(28)33-31(37)26-17-16-25(32)20-29(26)35/h5-6,10-17,20-22H,7-9,18-19H2,1-4H3,(H,33,37). The van der Waals surface area contributed by atoms with Gasteiger partial charge in [-0.15, -0.1) is 0 Å². The number of nitrogens with one attached hydrogen (secondary N) is 1. The number of unbranched alkanes of at least 4 members (excludes halogenated alkanes) is 1. The molecule has 0 saturated heterocycles. The lowest BCUT2D eigenvalue weighted by atomic mass is 10.0. The highest BCUT2D eigenvalue weighted by Crippen LogP contribution is 2.38. The number of fused-ring (bicyclic) bond motifs is 2. The van der Waals surface area contributed by atoms with Crippen LogP contribution >= 0.6 is 0 Å². The fourth-order valence-corrected chi connectivity index (χ4v) is 5.06. The zero-order valence-corrected chi connectivity index (χ0v) is 22.1. The molecule has 1 heterocycles. The average molecular weight is 502 g/mol. The van der Waals surface area contributed by atoms with E-state index in [4.69, 9.17) is 0 Å². The van der Waals surface area contributed by atoms with Crippen molar-refractivity contribution in [3.8, 4) is 0 Å². The van der Waals surface area contributed by atoms with Crippen molar-refractivity contribution in [1.29, 1.82) is 0 Å². The van der Waals surface area contributed by atoms with Gasteiger partial charge in [-0.1, -0.05) is 36.4 Å². The number of halogens is 1. The molecule has 6 heteroatoms. The molecule has 37 heavy (non-hydrogen) atoms. The molecule has 5 nitrogen and oxygen atoms in total. The Labute approximate surface area is 219 Å². The first-order valence-electron chi connectivity index (χ1n) is 13.1. The van der Waals surface area contributed by atoms with E-state index in [1.165, 1.54) is 28.7 Å². The van der Waals surface area contributed by atoms with Crippen LogP contribution < -0.4 is 10.2 Å².